The van der Waals surface area contributed by atoms with Crippen molar-refractivity contribution in [1.82, 2.24) is 4.98 Å². The zero-order chi connectivity index (χ0) is 14.9. The van der Waals surface area contributed by atoms with Crippen LogP contribution in [-0.4, -0.2) is 32.2 Å². The second kappa shape index (κ2) is 5.16. The lowest BCUT2D eigenvalue weighted by atomic mass is 10.1. The molecule has 6 nitrogen and oxygen atoms in total. The van der Waals surface area contributed by atoms with Gasteiger partial charge in [0.25, 0.3) is 0 Å². The van der Waals surface area contributed by atoms with Crippen molar-refractivity contribution in [2.24, 2.45) is 0 Å². The Morgan fingerprint density at radius 3 is 2.65 bits per heavy atom. The molecule has 7 heteroatoms. The highest BCUT2D eigenvalue weighted by Gasteiger charge is 2.13. The molecule has 1 aromatic heterocycles. The number of aromatic nitrogens is 1. The average molecular weight is 296 g/mol. The summed E-state index contributed by atoms with van der Waals surface area (Å²) in [6, 6.07) is 5.15. The lowest BCUT2D eigenvalue weighted by Crippen LogP contribution is -2.10. The van der Waals surface area contributed by atoms with Crippen LogP contribution in [0.1, 0.15) is 23.0 Å². The summed E-state index contributed by atoms with van der Waals surface area (Å²) in [5, 5.41) is 0.824. The number of hydrogen-bond donors (Lipinski definition) is 2. The summed E-state index contributed by atoms with van der Waals surface area (Å²) in [7, 11) is -3.34. The summed E-state index contributed by atoms with van der Waals surface area (Å²) >= 11 is 0. The third-order valence-corrected chi connectivity index (χ3v) is 3.35. The number of H-pyrrole nitrogens is 1. The lowest BCUT2D eigenvalue weighted by Gasteiger charge is -2.07. The summed E-state index contributed by atoms with van der Waals surface area (Å²) in [5.74, 6) is -0.432. The second-order valence-electron chi connectivity index (χ2n) is 4.53. The van der Waals surface area contributed by atoms with Gasteiger partial charge in [-0.3, -0.25) is 4.72 Å². The van der Waals surface area contributed by atoms with E-state index in [2.05, 4.69) is 9.71 Å². The smallest absolute Gasteiger partial charge is 0.354 e. The quantitative estimate of drug-likeness (QED) is 0.845. The first kappa shape index (κ1) is 14.4. The van der Waals surface area contributed by atoms with E-state index >= 15 is 0 Å². The molecule has 1 heterocycles. The maximum atomic E-state index is 11.6. The van der Waals surface area contributed by atoms with Gasteiger partial charge in [0.15, 0.2) is 0 Å². The fourth-order valence-corrected chi connectivity index (χ4v) is 2.54. The number of hydrogen-bond acceptors (Lipinski definition) is 4. The molecule has 0 saturated heterocycles. The van der Waals surface area contributed by atoms with E-state index in [1.807, 2.05) is 6.07 Å². The number of ether oxygens (including phenoxy) is 1. The van der Waals surface area contributed by atoms with Crippen molar-refractivity contribution in [3.63, 3.8) is 0 Å². The fourth-order valence-electron chi connectivity index (χ4n) is 1.92. The van der Waals surface area contributed by atoms with Crippen LogP contribution in [-0.2, 0) is 14.8 Å². The van der Waals surface area contributed by atoms with Crippen LogP contribution in [0.3, 0.4) is 0 Å². The number of fused-ring (bicyclic) bond motifs is 1. The Hall–Kier alpha value is -2.02. The molecule has 0 unspecified atom stereocenters. The highest BCUT2D eigenvalue weighted by Crippen LogP contribution is 2.25. The summed E-state index contributed by atoms with van der Waals surface area (Å²) in [4.78, 5) is 14.6. The van der Waals surface area contributed by atoms with Gasteiger partial charge in [-0.15, -0.1) is 0 Å². The Balaban J connectivity index is 2.46. The molecule has 0 bridgehead atoms. The van der Waals surface area contributed by atoms with Gasteiger partial charge in [-0.05, 0) is 37.6 Å². The van der Waals surface area contributed by atoms with Gasteiger partial charge in [-0.2, -0.15) is 0 Å². The highest BCUT2D eigenvalue weighted by molar-refractivity contribution is 7.92. The van der Waals surface area contributed by atoms with Gasteiger partial charge in [-0.1, -0.05) is 0 Å². The zero-order valence-corrected chi connectivity index (χ0v) is 12.3. The summed E-state index contributed by atoms with van der Waals surface area (Å²) < 4.78 is 29.9. The number of sulfonamides is 1. The van der Waals surface area contributed by atoms with Crippen LogP contribution >= 0.6 is 0 Å². The molecule has 0 fully saturated rings. The molecule has 0 saturated carbocycles. The van der Waals surface area contributed by atoms with Crippen molar-refractivity contribution in [2.75, 3.05) is 17.6 Å². The number of benzene rings is 1. The Kier molecular flexibility index (Phi) is 3.71. The third-order valence-electron chi connectivity index (χ3n) is 2.76. The average Bonchev–Trinajstić information content (AvgIpc) is 2.71. The third kappa shape index (κ3) is 3.11. The first-order valence-electron chi connectivity index (χ1n) is 6.08. The van der Waals surface area contributed by atoms with Crippen molar-refractivity contribution >= 4 is 32.6 Å². The zero-order valence-electron chi connectivity index (χ0n) is 11.5. The van der Waals surface area contributed by atoms with Crippen molar-refractivity contribution in [3.8, 4) is 0 Å². The van der Waals surface area contributed by atoms with E-state index in [0.717, 1.165) is 17.2 Å². The molecule has 0 aliphatic heterocycles. The lowest BCUT2D eigenvalue weighted by molar-refractivity contribution is 0.0520. The van der Waals surface area contributed by atoms with Crippen molar-refractivity contribution in [2.45, 2.75) is 13.8 Å². The molecule has 2 N–H and O–H groups in total. The molecule has 0 spiro atoms. The topological polar surface area (TPSA) is 88.3 Å². The molecule has 0 radical (unpaired) electrons. The Bertz CT molecular complexity index is 762. The van der Waals surface area contributed by atoms with Gasteiger partial charge in [0.2, 0.25) is 10.0 Å². The predicted molar refractivity (Wildman–Crippen MR) is 77.5 cm³/mol. The molecule has 2 rings (SSSR count). The minimum Gasteiger partial charge on any atom is -0.461 e. The van der Waals surface area contributed by atoms with E-state index < -0.39 is 16.0 Å². The first-order chi connectivity index (χ1) is 9.30. The van der Waals surface area contributed by atoms with E-state index in [9.17, 15) is 13.2 Å². The number of esters is 1. The van der Waals surface area contributed by atoms with Crippen molar-refractivity contribution in [1.29, 1.82) is 0 Å². The van der Waals surface area contributed by atoms with Crippen LogP contribution in [0.4, 0.5) is 5.69 Å². The number of carbonyl (C=O) groups is 1. The van der Waals surface area contributed by atoms with Crippen LogP contribution in [0.15, 0.2) is 18.2 Å². The highest BCUT2D eigenvalue weighted by atomic mass is 32.2. The first-order valence-corrected chi connectivity index (χ1v) is 7.97. The second-order valence-corrected chi connectivity index (χ2v) is 6.28. The van der Waals surface area contributed by atoms with Crippen molar-refractivity contribution in [3.05, 3.63) is 29.5 Å². The fraction of sp³-hybridized carbons (Fsp3) is 0.308. The molecule has 2 aromatic rings. The Morgan fingerprint density at radius 1 is 1.35 bits per heavy atom. The number of rotatable bonds is 4. The molecule has 0 aliphatic rings. The number of carbonyl (C=O) groups excluding carboxylic acids is 1. The summed E-state index contributed by atoms with van der Waals surface area (Å²) in [6.45, 7) is 3.83. The molecular weight excluding hydrogens is 280 g/mol. The maximum absolute atomic E-state index is 11.6. The van der Waals surface area contributed by atoms with Crippen LogP contribution in [0.5, 0.6) is 0 Å². The van der Waals surface area contributed by atoms with E-state index in [1.54, 1.807) is 26.0 Å². The van der Waals surface area contributed by atoms with Gasteiger partial charge in [0.1, 0.15) is 5.69 Å². The predicted octanol–water partition coefficient (Wildman–Crippen LogP) is 2.02. The minimum absolute atomic E-state index is 0.300. The maximum Gasteiger partial charge on any atom is 0.354 e. The monoisotopic (exact) mass is 296 g/mol. The van der Waals surface area contributed by atoms with E-state index in [4.69, 9.17) is 4.74 Å². The number of anilines is 1. The molecular formula is C13H16N2O4S. The summed E-state index contributed by atoms with van der Waals surface area (Å²) in [6.07, 6.45) is 1.09. The number of nitrogens with one attached hydrogen (secondary N) is 2. The Labute approximate surface area is 117 Å². The molecule has 0 aliphatic carbocycles. The van der Waals surface area contributed by atoms with E-state index in [1.165, 1.54) is 0 Å². The van der Waals surface area contributed by atoms with Crippen LogP contribution < -0.4 is 4.72 Å². The van der Waals surface area contributed by atoms with Gasteiger partial charge in [-0.25, -0.2) is 13.2 Å². The number of aryl methyl sites for hydroxylation is 1. The van der Waals surface area contributed by atoms with Gasteiger partial charge in [0, 0.05) is 10.9 Å². The van der Waals surface area contributed by atoms with E-state index in [0.29, 0.717) is 23.5 Å². The van der Waals surface area contributed by atoms with Gasteiger partial charge in [0.05, 0.1) is 18.6 Å². The summed E-state index contributed by atoms with van der Waals surface area (Å²) in [5.41, 5.74) is 2.28. The van der Waals surface area contributed by atoms with Crippen LogP contribution in [0.2, 0.25) is 0 Å². The van der Waals surface area contributed by atoms with Crippen LogP contribution in [0, 0.1) is 6.92 Å². The molecule has 0 atom stereocenters. The SMILES string of the molecule is CCOC(=O)c1cc2cc(C)c(NS(C)(=O)=O)cc2[nH]1. The molecule has 1 aromatic carbocycles. The normalized spacial score (nSPS) is 11.6. The minimum atomic E-state index is -3.34. The molecule has 0 amide bonds. The standard InChI is InChI=1S/C13H16N2O4S/c1-4-19-13(16)12-6-9-5-8(2)10(7-11(9)14-12)15-20(3,17)18/h5-7,14-15H,4H2,1-3H3. The largest absolute Gasteiger partial charge is 0.461 e. The van der Waals surface area contributed by atoms with E-state index in [-0.39, 0.29) is 0 Å². The van der Waals surface area contributed by atoms with Gasteiger partial charge >= 0.3 is 5.97 Å². The Morgan fingerprint density at radius 2 is 2.05 bits per heavy atom. The van der Waals surface area contributed by atoms with Gasteiger partial charge < -0.3 is 9.72 Å². The van der Waals surface area contributed by atoms with Crippen molar-refractivity contribution < 1.29 is 17.9 Å². The number of aromatic amines is 1. The van der Waals surface area contributed by atoms with Crippen LogP contribution in [0.25, 0.3) is 10.9 Å². The molecule has 108 valence electrons. The molecule has 20 heavy (non-hydrogen) atoms.